The second-order valence-electron chi connectivity index (χ2n) is 6.27. The van der Waals surface area contributed by atoms with Gasteiger partial charge in [0, 0.05) is 26.2 Å². The minimum atomic E-state index is -0.284. The van der Waals surface area contributed by atoms with E-state index in [0.29, 0.717) is 18.8 Å². The number of anilines is 2. The van der Waals surface area contributed by atoms with Gasteiger partial charge in [0.2, 0.25) is 5.91 Å². The third-order valence-electron chi connectivity index (χ3n) is 4.07. The normalized spacial score (nSPS) is 24.5. The molecule has 2 aliphatic heterocycles. The van der Waals surface area contributed by atoms with Gasteiger partial charge in [0.15, 0.2) is 0 Å². The number of carbonyl (C=O) groups is 2. The second-order valence-corrected chi connectivity index (χ2v) is 6.27. The van der Waals surface area contributed by atoms with Crippen LogP contribution in [0.4, 0.5) is 16.3 Å². The van der Waals surface area contributed by atoms with Crippen LogP contribution in [0.3, 0.4) is 0 Å². The molecule has 3 amide bonds. The number of morpholine rings is 1. The van der Waals surface area contributed by atoms with Crippen molar-refractivity contribution in [2.45, 2.75) is 26.1 Å². The molecule has 130 valence electrons. The van der Waals surface area contributed by atoms with Gasteiger partial charge in [-0.1, -0.05) is 0 Å². The Bertz CT molecular complexity index is 596. The molecule has 8 nitrogen and oxygen atoms in total. The highest BCUT2D eigenvalue weighted by molar-refractivity contribution is 5.92. The van der Waals surface area contributed by atoms with Crippen molar-refractivity contribution >= 4 is 23.4 Å². The van der Waals surface area contributed by atoms with Gasteiger partial charge >= 0.3 is 6.03 Å². The van der Waals surface area contributed by atoms with Crippen LogP contribution < -0.4 is 15.5 Å². The molecule has 0 radical (unpaired) electrons. The van der Waals surface area contributed by atoms with Gasteiger partial charge in [0.1, 0.15) is 12.4 Å². The van der Waals surface area contributed by atoms with Crippen LogP contribution in [0.15, 0.2) is 18.3 Å². The Kier molecular flexibility index (Phi) is 4.84. The van der Waals surface area contributed by atoms with Gasteiger partial charge in [0.25, 0.3) is 0 Å². The molecule has 3 heterocycles. The predicted molar refractivity (Wildman–Crippen MR) is 90.1 cm³/mol. The van der Waals surface area contributed by atoms with E-state index in [-0.39, 0.29) is 30.7 Å². The molecule has 2 atom stereocenters. The number of ether oxygens (including phenoxy) is 1. The average Bonchev–Trinajstić information content (AvgIpc) is 2.54. The number of nitrogens with one attached hydrogen (secondary N) is 2. The van der Waals surface area contributed by atoms with Crippen molar-refractivity contribution in [3.8, 4) is 0 Å². The van der Waals surface area contributed by atoms with Gasteiger partial charge in [-0.25, -0.2) is 9.78 Å². The number of hydrogen-bond acceptors (Lipinski definition) is 5. The Hall–Kier alpha value is -2.35. The number of rotatable bonds is 2. The van der Waals surface area contributed by atoms with Crippen molar-refractivity contribution < 1.29 is 14.3 Å². The molecule has 0 saturated carbocycles. The molecule has 2 saturated heterocycles. The quantitative estimate of drug-likeness (QED) is 0.830. The fourth-order valence-electron chi connectivity index (χ4n) is 3.03. The fraction of sp³-hybridized carbons (Fsp3) is 0.562. The van der Waals surface area contributed by atoms with Gasteiger partial charge in [0.05, 0.1) is 24.1 Å². The van der Waals surface area contributed by atoms with Crippen LogP contribution in [0.5, 0.6) is 0 Å². The highest BCUT2D eigenvalue weighted by Gasteiger charge is 2.24. The number of urea groups is 1. The Labute approximate surface area is 141 Å². The molecule has 3 rings (SSSR count). The van der Waals surface area contributed by atoms with E-state index < -0.39 is 0 Å². The monoisotopic (exact) mass is 333 g/mol. The molecule has 8 heteroatoms. The molecule has 1 aromatic heterocycles. The number of pyridine rings is 1. The van der Waals surface area contributed by atoms with Crippen molar-refractivity contribution in [1.29, 1.82) is 0 Å². The number of aromatic nitrogens is 1. The van der Waals surface area contributed by atoms with Gasteiger partial charge in [-0.05, 0) is 26.0 Å². The zero-order chi connectivity index (χ0) is 17.1. The molecular weight excluding hydrogens is 310 g/mol. The molecule has 2 fully saturated rings. The lowest BCUT2D eigenvalue weighted by molar-refractivity contribution is -0.123. The van der Waals surface area contributed by atoms with Gasteiger partial charge in [-0.2, -0.15) is 0 Å². The maximum atomic E-state index is 12.2. The molecule has 2 N–H and O–H groups in total. The van der Waals surface area contributed by atoms with Gasteiger partial charge in [-0.3, -0.25) is 4.79 Å². The second kappa shape index (κ2) is 7.04. The minimum absolute atomic E-state index is 0.0842. The van der Waals surface area contributed by atoms with E-state index in [1.165, 1.54) is 4.90 Å². The first-order chi connectivity index (χ1) is 11.5. The van der Waals surface area contributed by atoms with Crippen LogP contribution in [-0.2, 0) is 9.53 Å². The average molecular weight is 333 g/mol. The lowest BCUT2D eigenvalue weighted by Crippen LogP contribution is -2.51. The highest BCUT2D eigenvalue weighted by atomic mass is 16.5. The summed E-state index contributed by atoms with van der Waals surface area (Å²) < 4.78 is 5.73. The topological polar surface area (TPSA) is 86.8 Å². The Morgan fingerprint density at radius 2 is 2.08 bits per heavy atom. The zero-order valence-electron chi connectivity index (χ0n) is 14.0. The number of hydrogen-bond donors (Lipinski definition) is 2. The summed E-state index contributed by atoms with van der Waals surface area (Å²) in [5.74, 6) is 0.729. The smallest absolute Gasteiger partial charge is 0.322 e. The lowest BCUT2D eigenvalue weighted by Gasteiger charge is -2.36. The van der Waals surface area contributed by atoms with Crippen molar-refractivity contribution in [2.24, 2.45) is 0 Å². The standard InChI is InChI=1S/C16H23N5O3/c1-11-8-21(9-12(2)24-11)14-4-3-13(7-18-14)19-16(23)20-6-5-17-15(22)10-20/h3-4,7,11-12H,5-6,8-10H2,1-2H3,(H,17,22)(H,19,23). The highest BCUT2D eigenvalue weighted by Crippen LogP contribution is 2.19. The zero-order valence-corrected chi connectivity index (χ0v) is 14.0. The summed E-state index contributed by atoms with van der Waals surface area (Å²) in [7, 11) is 0. The summed E-state index contributed by atoms with van der Waals surface area (Å²) in [5.41, 5.74) is 0.615. The van der Waals surface area contributed by atoms with Crippen molar-refractivity contribution in [3.05, 3.63) is 18.3 Å². The predicted octanol–water partition coefficient (Wildman–Crippen LogP) is 0.659. The fourth-order valence-corrected chi connectivity index (χ4v) is 3.03. The number of carbonyl (C=O) groups excluding carboxylic acids is 2. The van der Waals surface area contributed by atoms with Crippen LogP contribution in [0.1, 0.15) is 13.8 Å². The summed E-state index contributed by atoms with van der Waals surface area (Å²) in [6.07, 6.45) is 1.97. The largest absolute Gasteiger partial charge is 0.372 e. The van der Waals surface area contributed by atoms with Gasteiger partial charge < -0.3 is 25.2 Å². The van der Waals surface area contributed by atoms with Crippen LogP contribution >= 0.6 is 0 Å². The summed E-state index contributed by atoms with van der Waals surface area (Å²) in [6, 6.07) is 3.44. The molecule has 0 spiro atoms. The van der Waals surface area contributed by atoms with E-state index in [4.69, 9.17) is 4.74 Å². The molecule has 0 bridgehead atoms. The maximum Gasteiger partial charge on any atom is 0.322 e. The third-order valence-corrected chi connectivity index (χ3v) is 4.07. The first-order valence-corrected chi connectivity index (χ1v) is 8.20. The summed E-state index contributed by atoms with van der Waals surface area (Å²) >= 11 is 0. The van der Waals surface area contributed by atoms with E-state index in [1.807, 2.05) is 26.0 Å². The molecule has 0 aliphatic carbocycles. The van der Waals surface area contributed by atoms with Gasteiger partial charge in [-0.15, -0.1) is 0 Å². The molecule has 0 aromatic carbocycles. The minimum Gasteiger partial charge on any atom is -0.372 e. The molecule has 2 unspecified atom stereocenters. The van der Waals surface area contributed by atoms with Crippen LogP contribution in [-0.4, -0.2) is 66.8 Å². The van der Waals surface area contributed by atoms with Crippen molar-refractivity contribution in [2.75, 3.05) is 42.9 Å². The molecule has 2 aliphatic rings. The molecule has 1 aromatic rings. The van der Waals surface area contributed by atoms with E-state index in [1.54, 1.807) is 6.20 Å². The van der Waals surface area contributed by atoms with Crippen molar-refractivity contribution in [1.82, 2.24) is 15.2 Å². The Morgan fingerprint density at radius 1 is 1.33 bits per heavy atom. The number of nitrogens with zero attached hydrogens (tertiary/aromatic N) is 3. The van der Waals surface area contributed by atoms with E-state index in [2.05, 4.69) is 20.5 Å². The van der Waals surface area contributed by atoms with E-state index >= 15 is 0 Å². The maximum absolute atomic E-state index is 12.2. The first kappa shape index (κ1) is 16.5. The third kappa shape index (κ3) is 3.94. The van der Waals surface area contributed by atoms with E-state index in [0.717, 1.165) is 18.9 Å². The van der Waals surface area contributed by atoms with Crippen LogP contribution in [0.2, 0.25) is 0 Å². The van der Waals surface area contributed by atoms with Crippen molar-refractivity contribution in [3.63, 3.8) is 0 Å². The van der Waals surface area contributed by atoms with Crippen LogP contribution in [0, 0.1) is 0 Å². The van der Waals surface area contributed by atoms with Crippen LogP contribution in [0.25, 0.3) is 0 Å². The SMILES string of the molecule is CC1CN(c2ccc(NC(=O)N3CCNC(=O)C3)cn2)CC(C)O1. The summed E-state index contributed by atoms with van der Waals surface area (Å²) in [4.78, 5) is 31.6. The molecule has 24 heavy (non-hydrogen) atoms. The Morgan fingerprint density at radius 3 is 2.71 bits per heavy atom. The number of piperazine rings is 1. The number of amides is 3. The first-order valence-electron chi connectivity index (χ1n) is 8.20. The Balaban J connectivity index is 1.60. The summed E-state index contributed by atoms with van der Waals surface area (Å²) in [5, 5.41) is 5.47. The molecular formula is C16H23N5O3. The summed E-state index contributed by atoms with van der Waals surface area (Å²) in [6.45, 7) is 6.76. The van der Waals surface area contributed by atoms with E-state index in [9.17, 15) is 9.59 Å². The lowest BCUT2D eigenvalue weighted by atomic mass is 10.2.